The Balaban J connectivity index is 0.00000324. The molecule has 5 nitrogen and oxygen atoms in total. The van der Waals surface area contributed by atoms with Crippen LogP contribution in [0.1, 0.15) is 26.3 Å². The van der Waals surface area contributed by atoms with E-state index in [1.807, 2.05) is 18.3 Å². The van der Waals surface area contributed by atoms with Crippen molar-refractivity contribution < 1.29 is 25.8 Å². The van der Waals surface area contributed by atoms with Crippen molar-refractivity contribution in [2.24, 2.45) is 7.05 Å². The van der Waals surface area contributed by atoms with E-state index in [4.69, 9.17) is 9.72 Å². The number of ether oxygens (including phenoxy) is 1. The minimum absolute atomic E-state index is 0. The fourth-order valence-corrected chi connectivity index (χ4v) is 6.92. The zero-order chi connectivity index (χ0) is 31.2. The average molecular weight is 791 g/mol. The van der Waals surface area contributed by atoms with E-state index < -0.39 is 0 Å². The molecule has 0 saturated heterocycles. The first kappa shape index (κ1) is 29.4. The summed E-state index contributed by atoms with van der Waals surface area (Å²) in [6.45, 7) is 6.67. The second kappa shape index (κ2) is 10.8. The topological polar surface area (TPSA) is 36.9 Å². The molecule has 47 heavy (non-hydrogen) atoms. The second-order valence-corrected chi connectivity index (χ2v) is 13.1. The molecule has 1 aliphatic heterocycles. The summed E-state index contributed by atoms with van der Waals surface area (Å²) in [6, 6.07) is 43.4. The van der Waals surface area contributed by atoms with Gasteiger partial charge < -0.3 is 9.30 Å². The molecule has 6 heteroatoms. The third-order valence-electron chi connectivity index (χ3n) is 9.16. The summed E-state index contributed by atoms with van der Waals surface area (Å²) in [7, 11) is 2.07. The third kappa shape index (κ3) is 4.56. The van der Waals surface area contributed by atoms with Gasteiger partial charge in [0.2, 0.25) is 0 Å². The zero-order valence-electron chi connectivity index (χ0n) is 26.5. The van der Waals surface area contributed by atoms with Crippen LogP contribution in [0.3, 0.4) is 0 Å². The van der Waals surface area contributed by atoms with E-state index in [0.29, 0.717) is 11.5 Å². The Morgan fingerprint density at radius 1 is 0.702 bits per heavy atom. The standard InChI is InChI=1S/C41H31N4O.Pt/c1-41(2,3)26-21-27(44-25-43(4)36-16-7-8-17-37(36)44)23-29(22-26)46-28-18-19-32-34-14-9-13-33-30-11-5-6-12-31(30)35-15-10-20-42-40(35)45(39(33)34)38(32)24-28;/h5-22,25H,1-4H3;/q-1;. The first-order valence-electron chi connectivity index (χ1n) is 15.6. The second-order valence-electron chi connectivity index (χ2n) is 13.1. The molecular formula is C41H31N4OPt-. The van der Waals surface area contributed by atoms with E-state index in [1.54, 1.807) is 0 Å². The molecule has 3 aromatic heterocycles. The SMILES string of the molecule is Cn1[cH+]n(-c2[c-]c(Oc3[c-]c4c(cc3)c3cccc5c3n4-c3ncccc3-c3ccccc3-5)cc(C(C)(C)C)c2)c2ccccc21.[Pt]. The Bertz CT molecular complexity index is 2520. The van der Waals surface area contributed by atoms with Crippen molar-refractivity contribution in [3.05, 3.63) is 133 Å². The minimum atomic E-state index is -0.0940. The Morgan fingerprint density at radius 3 is 2.23 bits per heavy atom. The van der Waals surface area contributed by atoms with Gasteiger partial charge in [0.05, 0.1) is 0 Å². The van der Waals surface area contributed by atoms with Gasteiger partial charge in [0.15, 0.2) is 17.4 Å². The monoisotopic (exact) mass is 790 g/mol. The van der Waals surface area contributed by atoms with Crippen molar-refractivity contribution >= 4 is 32.8 Å². The first-order chi connectivity index (χ1) is 22.3. The number of fused-ring (bicyclic) bond motifs is 9. The van der Waals surface area contributed by atoms with E-state index in [0.717, 1.165) is 44.5 Å². The molecule has 0 amide bonds. The van der Waals surface area contributed by atoms with Gasteiger partial charge in [-0.05, 0) is 46.2 Å². The van der Waals surface area contributed by atoms with Crippen LogP contribution >= 0.6 is 0 Å². The van der Waals surface area contributed by atoms with Crippen LogP contribution in [-0.4, -0.2) is 18.7 Å². The molecule has 4 heterocycles. The van der Waals surface area contributed by atoms with Crippen LogP contribution in [-0.2, 0) is 33.5 Å². The van der Waals surface area contributed by atoms with Crippen LogP contribution in [0.2, 0.25) is 0 Å². The number of imidazole rings is 1. The minimum Gasteiger partial charge on any atom is -0.508 e. The third-order valence-corrected chi connectivity index (χ3v) is 9.16. The van der Waals surface area contributed by atoms with Gasteiger partial charge in [-0.3, -0.25) is 0 Å². The molecule has 232 valence electrons. The molecule has 0 unspecified atom stereocenters. The summed E-state index contributed by atoms with van der Waals surface area (Å²) in [5, 5.41) is 2.28. The van der Waals surface area contributed by atoms with Gasteiger partial charge in [-0.1, -0.05) is 80.9 Å². The maximum Gasteiger partial charge on any atom is 0.188 e. The summed E-state index contributed by atoms with van der Waals surface area (Å²) < 4.78 is 13.2. The molecule has 0 atom stereocenters. The van der Waals surface area contributed by atoms with Crippen LogP contribution in [0.5, 0.6) is 11.5 Å². The number of hydrogen-bond acceptors (Lipinski definition) is 2. The average Bonchev–Trinajstić information content (AvgIpc) is 3.54. The van der Waals surface area contributed by atoms with Gasteiger partial charge in [0, 0.05) is 80.3 Å². The maximum atomic E-state index is 6.66. The predicted octanol–water partition coefficient (Wildman–Crippen LogP) is 10.1. The van der Waals surface area contributed by atoms with Gasteiger partial charge in [0.25, 0.3) is 0 Å². The Labute approximate surface area is 288 Å². The molecule has 0 bridgehead atoms. The molecule has 0 spiro atoms. The molecule has 8 aromatic rings. The molecule has 9 rings (SSSR count). The van der Waals surface area contributed by atoms with E-state index in [9.17, 15) is 0 Å². The van der Waals surface area contributed by atoms with Gasteiger partial charge in [-0.25, -0.2) is 14.1 Å². The zero-order valence-corrected chi connectivity index (χ0v) is 28.8. The number of aryl methyl sites for hydroxylation is 1. The number of rotatable bonds is 3. The summed E-state index contributed by atoms with van der Waals surface area (Å²) >= 11 is 0. The number of para-hydroxylation sites is 3. The smallest absolute Gasteiger partial charge is 0.188 e. The molecule has 0 fully saturated rings. The maximum absolute atomic E-state index is 6.66. The molecule has 0 saturated carbocycles. The van der Waals surface area contributed by atoms with Crippen molar-refractivity contribution in [1.29, 1.82) is 0 Å². The molecule has 0 N–H and O–H groups in total. The predicted molar refractivity (Wildman–Crippen MR) is 186 cm³/mol. The number of benzene rings is 5. The Hall–Kier alpha value is -4.99. The molecule has 1 aliphatic rings. The van der Waals surface area contributed by atoms with Crippen LogP contribution < -0.4 is 4.74 Å². The van der Waals surface area contributed by atoms with Crippen LogP contribution in [0.15, 0.2) is 116 Å². The van der Waals surface area contributed by atoms with Gasteiger partial charge in [0.1, 0.15) is 5.82 Å². The Morgan fingerprint density at radius 2 is 1.43 bits per heavy atom. The van der Waals surface area contributed by atoms with Crippen molar-refractivity contribution in [2.45, 2.75) is 26.2 Å². The van der Waals surface area contributed by atoms with E-state index in [-0.39, 0.29) is 26.5 Å². The number of hydrogen-bond donors (Lipinski definition) is 0. The summed E-state index contributed by atoms with van der Waals surface area (Å²) in [5.74, 6) is 2.17. The van der Waals surface area contributed by atoms with Crippen LogP contribution in [0.4, 0.5) is 0 Å². The summed E-state index contributed by atoms with van der Waals surface area (Å²) in [4.78, 5) is 4.94. The molecule has 0 radical (unpaired) electrons. The van der Waals surface area contributed by atoms with E-state index in [1.165, 1.54) is 27.6 Å². The quantitative estimate of drug-likeness (QED) is 0.167. The van der Waals surface area contributed by atoms with Gasteiger partial charge in [-0.2, -0.15) is 6.07 Å². The van der Waals surface area contributed by atoms with E-state index in [2.05, 4.69) is 151 Å². The van der Waals surface area contributed by atoms with Crippen molar-refractivity contribution in [3.8, 4) is 45.3 Å². The molecule has 5 aromatic carbocycles. The molecule has 0 aliphatic carbocycles. The van der Waals surface area contributed by atoms with Crippen molar-refractivity contribution in [1.82, 2.24) is 18.7 Å². The first-order valence-corrected chi connectivity index (χ1v) is 15.6. The largest absolute Gasteiger partial charge is 0.508 e. The summed E-state index contributed by atoms with van der Waals surface area (Å²) in [6.07, 6.45) is 3.97. The number of aromatic nitrogens is 4. The normalized spacial score (nSPS) is 12.1. The van der Waals surface area contributed by atoms with Gasteiger partial charge in [-0.15, -0.1) is 29.1 Å². The molecular weight excluding hydrogens is 760 g/mol. The fourth-order valence-electron chi connectivity index (χ4n) is 6.92. The van der Waals surface area contributed by atoms with Gasteiger partial charge >= 0.3 is 0 Å². The number of nitrogens with zero attached hydrogens (tertiary/aromatic N) is 4. The van der Waals surface area contributed by atoms with Crippen LogP contribution in [0, 0.1) is 12.1 Å². The Kier molecular flexibility index (Phi) is 6.75. The van der Waals surface area contributed by atoms with Crippen molar-refractivity contribution in [2.75, 3.05) is 0 Å². The van der Waals surface area contributed by atoms with Crippen LogP contribution in [0.25, 0.3) is 66.6 Å². The number of pyridine rings is 1. The summed E-state index contributed by atoms with van der Waals surface area (Å²) in [5.41, 5.74) is 11.0. The van der Waals surface area contributed by atoms with Crippen molar-refractivity contribution in [3.63, 3.8) is 0 Å². The van der Waals surface area contributed by atoms with E-state index >= 15 is 0 Å². The fraction of sp³-hybridized carbons (Fsp3) is 0.122.